The fourth-order valence-electron chi connectivity index (χ4n) is 5.80. The number of hydrogen-bond acceptors (Lipinski definition) is 9. The molecule has 5 amide bonds. The Morgan fingerprint density at radius 2 is 1.82 bits per heavy atom. The van der Waals surface area contributed by atoms with Gasteiger partial charge in [-0.3, -0.25) is 39.1 Å². The first-order valence-corrected chi connectivity index (χ1v) is 14.3. The van der Waals surface area contributed by atoms with Crippen molar-refractivity contribution in [2.24, 2.45) is 5.73 Å². The van der Waals surface area contributed by atoms with Crippen LogP contribution in [0.2, 0.25) is 0 Å². The summed E-state index contributed by atoms with van der Waals surface area (Å²) in [5.74, 6) is -2.49. The van der Waals surface area contributed by atoms with E-state index >= 15 is 4.39 Å². The molecule has 0 radical (unpaired) electrons. The van der Waals surface area contributed by atoms with Crippen LogP contribution in [0, 0.1) is 5.82 Å². The molecule has 3 aliphatic heterocycles. The quantitative estimate of drug-likeness (QED) is 0.328. The van der Waals surface area contributed by atoms with Crippen molar-refractivity contribution in [3.8, 4) is 0 Å². The number of halogens is 1. The van der Waals surface area contributed by atoms with Crippen LogP contribution in [-0.2, 0) is 22.7 Å². The van der Waals surface area contributed by atoms with Gasteiger partial charge in [-0.2, -0.15) is 0 Å². The summed E-state index contributed by atoms with van der Waals surface area (Å²) in [5.41, 5.74) is 7.49. The monoisotopic (exact) mass is 599 g/mol. The first-order valence-electron chi connectivity index (χ1n) is 14.3. The third-order valence-electron chi connectivity index (χ3n) is 8.19. The van der Waals surface area contributed by atoms with Gasteiger partial charge in [-0.1, -0.05) is 18.2 Å². The van der Waals surface area contributed by atoms with Crippen LogP contribution in [0.1, 0.15) is 55.0 Å². The third-order valence-corrected chi connectivity index (χ3v) is 8.19. The molecule has 0 spiro atoms. The molecule has 4 heterocycles. The van der Waals surface area contributed by atoms with Gasteiger partial charge in [0, 0.05) is 63.1 Å². The zero-order valence-electron chi connectivity index (χ0n) is 23.7. The number of nitrogens with one attached hydrogen (secondary N) is 2. The van der Waals surface area contributed by atoms with Crippen molar-refractivity contribution in [3.05, 3.63) is 88.4 Å². The lowest BCUT2D eigenvalue weighted by molar-refractivity contribution is -0.136. The highest BCUT2D eigenvalue weighted by atomic mass is 19.1. The number of benzene rings is 2. The van der Waals surface area contributed by atoms with Gasteiger partial charge in [0.15, 0.2) is 0 Å². The number of carbonyl (C=O) groups excluding carboxylic acids is 5. The number of piperidine rings is 1. The van der Waals surface area contributed by atoms with Crippen LogP contribution in [0.3, 0.4) is 0 Å². The molecule has 12 nitrogen and oxygen atoms in total. The zero-order chi connectivity index (χ0) is 31.0. The van der Waals surface area contributed by atoms with E-state index in [2.05, 4.69) is 25.4 Å². The van der Waals surface area contributed by atoms with E-state index in [1.807, 2.05) is 6.07 Å². The van der Waals surface area contributed by atoms with Crippen molar-refractivity contribution in [2.75, 3.05) is 36.4 Å². The van der Waals surface area contributed by atoms with Gasteiger partial charge < -0.3 is 16.0 Å². The number of fused-ring (bicyclic) bond motifs is 1. The van der Waals surface area contributed by atoms with Gasteiger partial charge in [0.1, 0.15) is 17.7 Å². The molecule has 4 N–H and O–H groups in total. The molecule has 226 valence electrons. The predicted octanol–water partition coefficient (Wildman–Crippen LogP) is 1.66. The number of hydrogen-bond donors (Lipinski definition) is 3. The predicted molar refractivity (Wildman–Crippen MR) is 157 cm³/mol. The smallest absolute Gasteiger partial charge is 0.264 e. The molecule has 2 saturated heterocycles. The van der Waals surface area contributed by atoms with Crippen molar-refractivity contribution in [1.82, 2.24) is 20.1 Å². The Morgan fingerprint density at radius 1 is 1.02 bits per heavy atom. The number of nitrogens with zero attached hydrogens (tertiary/aromatic N) is 4. The molecule has 1 aromatic heterocycles. The highest BCUT2D eigenvalue weighted by Crippen LogP contribution is 2.32. The SMILES string of the molecule is NC(=O)c1ccc(N2CCN(Cc3ccc(CNc4cccc5c4C(=O)N(C4CCC(=O)NC4=O)C5=O)c(F)c3)CC2)nc1. The molecule has 1 atom stereocenters. The standard InChI is InChI=1S/C31H30FN7O5/c32-22-14-18(17-37-10-12-38(13-11-37)25-8-6-20(16-35-25)28(33)41)4-5-19(22)15-34-23-3-1-2-21-27(23)31(44)39(30(21)43)24-7-9-26(40)36-29(24)42/h1-6,8,14,16,24,34H,7,9-13,15,17H2,(H2,33,41)(H,36,40,42). The number of rotatable bonds is 8. The van der Waals surface area contributed by atoms with E-state index in [0.717, 1.165) is 42.5 Å². The number of primary amides is 1. The summed E-state index contributed by atoms with van der Waals surface area (Å²) < 4.78 is 15.2. The summed E-state index contributed by atoms with van der Waals surface area (Å²) in [6.45, 7) is 3.62. The Bertz CT molecular complexity index is 1670. The van der Waals surface area contributed by atoms with Crippen LogP contribution in [0.25, 0.3) is 0 Å². The second kappa shape index (κ2) is 11.8. The molecule has 2 fully saturated rings. The van der Waals surface area contributed by atoms with Crippen molar-refractivity contribution >= 4 is 41.0 Å². The molecule has 0 saturated carbocycles. The van der Waals surface area contributed by atoms with Crippen LogP contribution < -0.4 is 21.3 Å². The number of imide groups is 2. The van der Waals surface area contributed by atoms with Gasteiger partial charge in [0.25, 0.3) is 11.8 Å². The van der Waals surface area contributed by atoms with Crippen molar-refractivity contribution in [2.45, 2.75) is 32.0 Å². The summed E-state index contributed by atoms with van der Waals surface area (Å²) in [4.78, 5) is 71.2. The molecular formula is C31H30FN7O5. The molecule has 0 aliphatic carbocycles. The molecule has 3 aromatic rings. The normalized spacial score (nSPS) is 18.8. The van der Waals surface area contributed by atoms with Crippen LogP contribution in [0.5, 0.6) is 0 Å². The van der Waals surface area contributed by atoms with E-state index in [1.165, 1.54) is 18.3 Å². The first-order chi connectivity index (χ1) is 21.2. The van der Waals surface area contributed by atoms with Crippen molar-refractivity contribution in [1.29, 1.82) is 0 Å². The number of piperazine rings is 1. The minimum Gasteiger partial charge on any atom is -0.380 e. The maximum atomic E-state index is 15.2. The number of amides is 5. The van der Waals surface area contributed by atoms with E-state index < -0.39 is 41.4 Å². The van der Waals surface area contributed by atoms with Gasteiger partial charge in [0.05, 0.1) is 16.7 Å². The summed E-state index contributed by atoms with van der Waals surface area (Å²) in [7, 11) is 0. The van der Waals surface area contributed by atoms with Gasteiger partial charge in [-0.25, -0.2) is 9.37 Å². The molecular weight excluding hydrogens is 569 g/mol. The summed E-state index contributed by atoms with van der Waals surface area (Å²) >= 11 is 0. The molecule has 13 heteroatoms. The Labute approximate surface area is 252 Å². The van der Waals surface area contributed by atoms with Crippen LogP contribution in [-0.4, -0.2) is 76.5 Å². The Balaban J connectivity index is 1.06. The van der Waals surface area contributed by atoms with Crippen LogP contribution in [0.4, 0.5) is 15.9 Å². The largest absolute Gasteiger partial charge is 0.380 e. The molecule has 44 heavy (non-hydrogen) atoms. The van der Waals surface area contributed by atoms with Gasteiger partial charge in [0.2, 0.25) is 17.7 Å². The van der Waals surface area contributed by atoms with Gasteiger partial charge in [-0.05, 0) is 42.3 Å². The Morgan fingerprint density at radius 3 is 2.50 bits per heavy atom. The number of pyridine rings is 1. The van der Waals surface area contributed by atoms with Gasteiger partial charge >= 0.3 is 0 Å². The highest BCUT2D eigenvalue weighted by molar-refractivity contribution is 6.25. The summed E-state index contributed by atoms with van der Waals surface area (Å²) in [5, 5.41) is 5.27. The number of anilines is 2. The Hall–Kier alpha value is -5.17. The lowest BCUT2D eigenvalue weighted by Gasteiger charge is -2.35. The number of aromatic nitrogens is 1. The van der Waals surface area contributed by atoms with Gasteiger partial charge in [-0.15, -0.1) is 0 Å². The average molecular weight is 600 g/mol. The number of nitrogens with two attached hydrogens (primary N) is 1. The Kier molecular flexibility index (Phi) is 7.78. The van der Waals surface area contributed by atoms with E-state index in [-0.39, 0.29) is 30.5 Å². The molecule has 3 aliphatic rings. The second-order valence-electron chi connectivity index (χ2n) is 11.0. The maximum absolute atomic E-state index is 15.2. The van der Waals surface area contributed by atoms with Crippen molar-refractivity contribution in [3.63, 3.8) is 0 Å². The average Bonchev–Trinajstić information content (AvgIpc) is 3.27. The van der Waals surface area contributed by atoms with E-state index in [0.29, 0.717) is 23.4 Å². The maximum Gasteiger partial charge on any atom is 0.264 e. The van der Waals surface area contributed by atoms with Crippen LogP contribution >= 0.6 is 0 Å². The topological polar surface area (TPSA) is 158 Å². The molecule has 0 bridgehead atoms. The fraction of sp³-hybridized carbons (Fsp3) is 0.290. The lowest BCUT2D eigenvalue weighted by Crippen LogP contribution is -2.54. The van der Waals surface area contributed by atoms with E-state index in [4.69, 9.17) is 5.73 Å². The lowest BCUT2D eigenvalue weighted by atomic mass is 10.0. The molecule has 6 rings (SSSR count). The minimum atomic E-state index is -1.06. The molecule has 1 unspecified atom stereocenters. The number of carbonyl (C=O) groups is 5. The summed E-state index contributed by atoms with van der Waals surface area (Å²) in [6.07, 6.45) is 1.57. The summed E-state index contributed by atoms with van der Waals surface area (Å²) in [6, 6.07) is 12.2. The fourth-order valence-corrected chi connectivity index (χ4v) is 5.80. The first kappa shape index (κ1) is 28.9. The van der Waals surface area contributed by atoms with Crippen LogP contribution in [0.15, 0.2) is 54.7 Å². The third kappa shape index (κ3) is 5.61. The highest BCUT2D eigenvalue weighted by Gasteiger charge is 2.45. The zero-order valence-corrected chi connectivity index (χ0v) is 23.7. The van der Waals surface area contributed by atoms with Crippen molar-refractivity contribution < 1.29 is 28.4 Å². The van der Waals surface area contributed by atoms with E-state index in [1.54, 1.807) is 30.3 Å². The van der Waals surface area contributed by atoms with E-state index in [9.17, 15) is 24.0 Å². The molecule has 2 aromatic carbocycles. The second-order valence-corrected chi connectivity index (χ2v) is 11.0. The minimum absolute atomic E-state index is 0.0337.